The molecule has 0 heterocycles. The molecular formula is C13H30. The molecule has 1 aliphatic rings. The first kappa shape index (κ1) is 15.5. The summed E-state index contributed by atoms with van der Waals surface area (Å²) < 4.78 is 0. The van der Waals surface area contributed by atoms with Crippen molar-refractivity contribution in [1.29, 1.82) is 0 Å². The van der Waals surface area contributed by atoms with Gasteiger partial charge in [-0.05, 0) is 18.3 Å². The topological polar surface area (TPSA) is 0 Å². The molecule has 0 atom stereocenters. The molecule has 82 valence electrons. The molecule has 0 bridgehead atoms. The van der Waals surface area contributed by atoms with Gasteiger partial charge in [0.25, 0.3) is 0 Å². The van der Waals surface area contributed by atoms with E-state index in [-0.39, 0.29) is 7.43 Å². The summed E-state index contributed by atoms with van der Waals surface area (Å²) in [6.45, 7) is 8.68. The van der Waals surface area contributed by atoms with E-state index in [2.05, 4.69) is 13.8 Å². The highest BCUT2D eigenvalue weighted by molar-refractivity contribution is 4.66. The van der Waals surface area contributed by atoms with Crippen LogP contribution in [-0.2, 0) is 0 Å². The summed E-state index contributed by atoms with van der Waals surface area (Å²) in [5.41, 5.74) is 0. The first-order valence-electron chi connectivity index (χ1n) is 5.79. The van der Waals surface area contributed by atoms with Gasteiger partial charge in [0.2, 0.25) is 0 Å². The third-order valence-corrected chi connectivity index (χ3v) is 2.53. The van der Waals surface area contributed by atoms with Gasteiger partial charge in [-0.3, -0.25) is 0 Å². The van der Waals surface area contributed by atoms with Crippen molar-refractivity contribution in [2.75, 3.05) is 0 Å². The van der Waals surface area contributed by atoms with Crippen LogP contribution in [0.25, 0.3) is 0 Å². The summed E-state index contributed by atoms with van der Waals surface area (Å²) >= 11 is 0. The van der Waals surface area contributed by atoms with Gasteiger partial charge in [-0.1, -0.05) is 67.2 Å². The molecule has 0 aromatic rings. The van der Waals surface area contributed by atoms with Gasteiger partial charge in [-0.25, -0.2) is 0 Å². The van der Waals surface area contributed by atoms with Crippen LogP contribution in [0.1, 0.15) is 73.6 Å². The molecule has 0 amide bonds. The van der Waals surface area contributed by atoms with Gasteiger partial charge < -0.3 is 0 Å². The standard InChI is InChI=1S/C10H20.C2H6.CH4/c1-9(2)8-10-6-4-3-5-7-10;1-2;/h9-10H,3-8H2,1-2H3;1-2H3;1H4. The fourth-order valence-corrected chi connectivity index (χ4v) is 2.09. The molecule has 1 aliphatic carbocycles. The van der Waals surface area contributed by atoms with E-state index in [0.717, 1.165) is 11.8 Å². The van der Waals surface area contributed by atoms with E-state index in [1.807, 2.05) is 13.8 Å². The van der Waals surface area contributed by atoms with Crippen molar-refractivity contribution in [2.45, 2.75) is 73.6 Å². The quantitative estimate of drug-likeness (QED) is 0.551. The predicted octanol–water partition coefficient (Wildman–Crippen LogP) is 5.28. The minimum atomic E-state index is 0. The number of hydrogen-bond acceptors (Lipinski definition) is 0. The highest BCUT2D eigenvalue weighted by Gasteiger charge is 2.13. The normalized spacial score (nSPS) is 17.3. The molecule has 0 heteroatoms. The Bertz CT molecular complexity index is 78.0. The largest absolute Gasteiger partial charge is 0.0776 e. The van der Waals surface area contributed by atoms with Gasteiger partial charge in [0.05, 0.1) is 0 Å². The second-order valence-electron chi connectivity index (χ2n) is 4.13. The SMILES string of the molecule is C.CC.CC(C)CC1CCCCC1. The Kier molecular flexibility index (Phi) is 12.0. The van der Waals surface area contributed by atoms with Crippen molar-refractivity contribution in [3.63, 3.8) is 0 Å². The summed E-state index contributed by atoms with van der Waals surface area (Å²) in [7, 11) is 0. The zero-order chi connectivity index (χ0) is 9.40. The monoisotopic (exact) mass is 186 g/mol. The van der Waals surface area contributed by atoms with Crippen molar-refractivity contribution in [3.05, 3.63) is 0 Å². The lowest BCUT2D eigenvalue weighted by molar-refractivity contribution is 0.305. The maximum atomic E-state index is 2.34. The Morgan fingerprint density at radius 2 is 1.46 bits per heavy atom. The predicted molar refractivity (Wildman–Crippen MR) is 64.1 cm³/mol. The molecule has 13 heavy (non-hydrogen) atoms. The summed E-state index contributed by atoms with van der Waals surface area (Å²) in [5.74, 6) is 2.00. The average Bonchev–Trinajstić information content (AvgIpc) is 2.08. The van der Waals surface area contributed by atoms with Gasteiger partial charge in [0.1, 0.15) is 0 Å². The molecule has 0 N–H and O–H groups in total. The fraction of sp³-hybridized carbons (Fsp3) is 1.00. The molecule has 0 saturated heterocycles. The Morgan fingerprint density at radius 1 is 1.00 bits per heavy atom. The first-order valence-corrected chi connectivity index (χ1v) is 5.79. The van der Waals surface area contributed by atoms with Gasteiger partial charge in [-0.15, -0.1) is 0 Å². The third-order valence-electron chi connectivity index (χ3n) is 2.53. The third kappa shape index (κ3) is 8.33. The molecule has 0 aromatic carbocycles. The molecule has 1 rings (SSSR count). The van der Waals surface area contributed by atoms with E-state index in [1.165, 1.54) is 38.5 Å². The molecule has 0 aliphatic heterocycles. The maximum absolute atomic E-state index is 2.34. The van der Waals surface area contributed by atoms with Crippen LogP contribution < -0.4 is 0 Å². The fourth-order valence-electron chi connectivity index (χ4n) is 2.09. The summed E-state index contributed by atoms with van der Waals surface area (Å²) in [6, 6.07) is 0. The molecular weight excluding hydrogens is 156 g/mol. The van der Waals surface area contributed by atoms with Gasteiger partial charge in [0.15, 0.2) is 0 Å². The second kappa shape index (κ2) is 10.1. The molecule has 0 nitrogen and oxygen atoms in total. The summed E-state index contributed by atoms with van der Waals surface area (Å²) in [6.07, 6.45) is 8.99. The van der Waals surface area contributed by atoms with Crippen LogP contribution >= 0.6 is 0 Å². The molecule has 1 saturated carbocycles. The van der Waals surface area contributed by atoms with Crippen LogP contribution in [0, 0.1) is 11.8 Å². The summed E-state index contributed by atoms with van der Waals surface area (Å²) in [4.78, 5) is 0. The molecule has 0 unspecified atom stereocenters. The Balaban J connectivity index is 0. The summed E-state index contributed by atoms with van der Waals surface area (Å²) in [5, 5.41) is 0. The first-order chi connectivity index (χ1) is 5.79. The minimum Gasteiger partial charge on any atom is -0.0776 e. The lowest BCUT2D eigenvalue weighted by Crippen LogP contribution is -2.08. The number of hydrogen-bond donors (Lipinski definition) is 0. The smallest absolute Gasteiger partial charge is 0.0412 e. The van der Waals surface area contributed by atoms with E-state index >= 15 is 0 Å². The van der Waals surface area contributed by atoms with Gasteiger partial charge >= 0.3 is 0 Å². The van der Waals surface area contributed by atoms with Crippen LogP contribution in [0.15, 0.2) is 0 Å². The molecule has 0 radical (unpaired) electrons. The second-order valence-corrected chi connectivity index (χ2v) is 4.13. The van der Waals surface area contributed by atoms with Crippen LogP contribution in [0.5, 0.6) is 0 Å². The highest BCUT2D eigenvalue weighted by atomic mass is 14.2. The van der Waals surface area contributed by atoms with Crippen molar-refractivity contribution in [2.24, 2.45) is 11.8 Å². The van der Waals surface area contributed by atoms with Gasteiger partial charge in [-0.2, -0.15) is 0 Å². The average molecular weight is 186 g/mol. The van der Waals surface area contributed by atoms with E-state index < -0.39 is 0 Å². The highest BCUT2D eigenvalue weighted by Crippen LogP contribution is 2.28. The Morgan fingerprint density at radius 3 is 1.85 bits per heavy atom. The van der Waals surface area contributed by atoms with E-state index in [4.69, 9.17) is 0 Å². The van der Waals surface area contributed by atoms with Crippen molar-refractivity contribution in [1.82, 2.24) is 0 Å². The Hall–Kier alpha value is 0. The van der Waals surface area contributed by atoms with Crippen molar-refractivity contribution < 1.29 is 0 Å². The van der Waals surface area contributed by atoms with E-state index in [0.29, 0.717) is 0 Å². The molecule has 0 aromatic heterocycles. The maximum Gasteiger partial charge on any atom is -0.0412 e. The molecule has 1 fully saturated rings. The van der Waals surface area contributed by atoms with Crippen LogP contribution in [0.4, 0.5) is 0 Å². The van der Waals surface area contributed by atoms with Crippen LogP contribution in [0.3, 0.4) is 0 Å². The van der Waals surface area contributed by atoms with Crippen molar-refractivity contribution >= 4 is 0 Å². The van der Waals surface area contributed by atoms with E-state index in [9.17, 15) is 0 Å². The van der Waals surface area contributed by atoms with E-state index in [1.54, 1.807) is 0 Å². The lowest BCUT2D eigenvalue weighted by atomic mass is 9.84. The van der Waals surface area contributed by atoms with Crippen LogP contribution in [-0.4, -0.2) is 0 Å². The molecule has 0 spiro atoms. The van der Waals surface area contributed by atoms with Crippen molar-refractivity contribution in [3.8, 4) is 0 Å². The van der Waals surface area contributed by atoms with Gasteiger partial charge in [0, 0.05) is 0 Å². The number of rotatable bonds is 2. The Labute approximate surface area is 86.1 Å². The zero-order valence-corrected chi connectivity index (χ0v) is 9.40. The zero-order valence-electron chi connectivity index (χ0n) is 9.40. The van der Waals surface area contributed by atoms with Crippen LogP contribution in [0.2, 0.25) is 0 Å². The minimum absolute atomic E-state index is 0. The lowest BCUT2D eigenvalue weighted by Gasteiger charge is -2.22.